The maximum absolute atomic E-state index is 14.2. The largest absolute Gasteiger partial charge is 0.493 e. The summed E-state index contributed by atoms with van der Waals surface area (Å²) in [5, 5.41) is 0.642. The van der Waals surface area contributed by atoms with Gasteiger partial charge >= 0.3 is 0 Å². The van der Waals surface area contributed by atoms with Gasteiger partial charge in [-0.2, -0.15) is 0 Å². The predicted molar refractivity (Wildman–Crippen MR) is 148 cm³/mol. The summed E-state index contributed by atoms with van der Waals surface area (Å²) in [7, 11) is 4.73. The van der Waals surface area contributed by atoms with Gasteiger partial charge in [-0.1, -0.05) is 72.3 Å². The summed E-state index contributed by atoms with van der Waals surface area (Å²) >= 11 is 6.20. The Morgan fingerprint density at radius 1 is 0.757 bits per heavy atom. The van der Waals surface area contributed by atoms with Gasteiger partial charge in [0.25, 0.3) is 5.91 Å². The van der Waals surface area contributed by atoms with Crippen LogP contribution in [-0.4, -0.2) is 27.2 Å². The van der Waals surface area contributed by atoms with Crippen LogP contribution >= 0.6 is 11.6 Å². The van der Waals surface area contributed by atoms with E-state index in [1.165, 1.54) is 0 Å². The lowest BCUT2D eigenvalue weighted by molar-refractivity contribution is -0.113. The normalized spacial score (nSPS) is 13.8. The van der Waals surface area contributed by atoms with Crippen LogP contribution in [0.15, 0.2) is 91.0 Å². The fraction of sp³-hybridized carbons (Fsp3) is 0.129. The van der Waals surface area contributed by atoms with Crippen LogP contribution < -0.4 is 19.1 Å². The lowest BCUT2D eigenvalue weighted by Gasteiger charge is -2.20. The van der Waals surface area contributed by atoms with Crippen LogP contribution in [0.25, 0.3) is 11.1 Å². The van der Waals surface area contributed by atoms with Crippen molar-refractivity contribution in [3.05, 3.63) is 118 Å². The van der Waals surface area contributed by atoms with Gasteiger partial charge in [0.15, 0.2) is 11.5 Å². The van der Waals surface area contributed by atoms with E-state index in [9.17, 15) is 4.79 Å². The van der Waals surface area contributed by atoms with E-state index in [1.54, 1.807) is 26.2 Å². The van der Waals surface area contributed by atoms with Crippen molar-refractivity contribution in [3.8, 4) is 17.2 Å². The van der Waals surface area contributed by atoms with Gasteiger partial charge in [-0.25, -0.2) is 0 Å². The Hall–Kier alpha value is -4.22. The molecule has 0 bridgehead atoms. The fourth-order valence-corrected chi connectivity index (χ4v) is 4.89. The summed E-state index contributed by atoms with van der Waals surface area (Å²) in [5.74, 6) is 1.51. The van der Waals surface area contributed by atoms with E-state index in [1.807, 2.05) is 91.0 Å². The maximum Gasteiger partial charge on any atom is 0.259 e. The van der Waals surface area contributed by atoms with Gasteiger partial charge in [-0.15, -0.1) is 0 Å². The standard InChI is InChI=1S/C31H26ClNO4/c1-35-26-17-20(18-27(36-2)30(26)37-3)19-33-25-12-8-7-11-24(25)29(31(33)34)28(21-9-5-4-6-10-21)22-13-15-23(32)16-14-22/h4-18H,19H2,1-3H3/b29-28-. The van der Waals surface area contributed by atoms with Crippen molar-refractivity contribution in [3.63, 3.8) is 0 Å². The zero-order valence-corrected chi connectivity index (χ0v) is 21.6. The summed E-state index contributed by atoms with van der Waals surface area (Å²) < 4.78 is 16.5. The first-order chi connectivity index (χ1) is 18.0. The minimum atomic E-state index is -0.0799. The Morgan fingerprint density at radius 3 is 1.97 bits per heavy atom. The van der Waals surface area contributed by atoms with Gasteiger partial charge in [0.05, 0.1) is 39.1 Å². The van der Waals surface area contributed by atoms with Crippen molar-refractivity contribution < 1.29 is 19.0 Å². The highest BCUT2D eigenvalue weighted by Crippen LogP contribution is 2.45. The summed E-state index contributed by atoms with van der Waals surface area (Å²) in [6.45, 7) is 0.332. The Bertz CT molecular complexity index is 1450. The smallest absolute Gasteiger partial charge is 0.259 e. The lowest BCUT2D eigenvalue weighted by Crippen LogP contribution is -2.26. The quantitative estimate of drug-likeness (QED) is 0.254. The molecule has 0 saturated carbocycles. The van der Waals surface area contributed by atoms with Crippen LogP contribution in [-0.2, 0) is 11.3 Å². The van der Waals surface area contributed by atoms with E-state index < -0.39 is 0 Å². The molecule has 1 heterocycles. The minimum absolute atomic E-state index is 0.0799. The molecule has 186 valence electrons. The van der Waals surface area contributed by atoms with E-state index in [4.69, 9.17) is 25.8 Å². The van der Waals surface area contributed by atoms with Crippen LogP contribution in [0.2, 0.25) is 5.02 Å². The molecule has 0 unspecified atom stereocenters. The highest BCUT2D eigenvalue weighted by atomic mass is 35.5. The number of benzene rings is 4. The molecule has 5 nitrogen and oxygen atoms in total. The molecule has 4 aromatic rings. The number of hydrogen-bond donors (Lipinski definition) is 0. The summed E-state index contributed by atoms with van der Waals surface area (Å²) in [5.41, 5.74) is 5.97. The highest BCUT2D eigenvalue weighted by Gasteiger charge is 2.35. The first-order valence-electron chi connectivity index (χ1n) is 11.8. The summed E-state index contributed by atoms with van der Waals surface area (Å²) in [6, 6.07) is 29.2. The number of ether oxygens (including phenoxy) is 3. The number of rotatable bonds is 7. The number of anilines is 1. The van der Waals surface area contributed by atoms with E-state index in [2.05, 4.69) is 0 Å². The average molecular weight is 512 g/mol. The van der Waals surface area contributed by atoms with E-state index in [0.29, 0.717) is 34.4 Å². The van der Waals surface area contributed by atoms with Gasteiger partial charge in [0.2, 0.25) is 5.75 Å². The Balaban J connectivity index is 1.68. The van der Waals surface area contributed by atoms with Crippen molar-refractivity contribution in [1.82, 2.24) is 0 Å². The van der Waals surface area contributed by atoms with Gasteiger partial charge in [0, 0.05) is 16.2 Å². The first-order valence-corrected chi connectivity index (χ1v) is 12.2. The van der Waals surface area contributed by atoms with Gasteiger partial charge in [0.1, 0.15) is 0 Å². The van der Waals surface area contributed by atoms with Crippen LogP contribution in [0.1, 0.15) is 22.3 Å². The van der Waals surface area contributed by atoms with E-state index in [0.717, 1.165) is 33.5 Å². The molecule has 0 fully saturated rings. The van der Waals surface area contributed by atoms with Gasteiger partial charge < -0.3 is 19.1 Å². The summed E-state index contributed by atoms with van der Waals surface area (Å²) in [4.78, 5) is 16.0. The average Bonchev–Trinajstić information content (AvgIpc) is 3.20. The van der Waals surface area contributed by atoms with Gasteiger partial charge in [-0.3, -0.25) is 4.79 Å². The fourth-order valence-electron chi connectivity index (χ4n) is 4.76. The minimum Gasteiger partial charge on any atom is -0.493 e. The van der Waals surface area contributed by atoms with E-state index in [-0.39, 0.29) is 5.91 Å². The number of para-hydroxylation sites is 1. The molecule has 1 amide bonds. The number of fused-ring (bicyclic) bond motifs is 1. The number of hydrogen-bond acceptors (Lipinski definition) is 4. The van der Waals surface area contributed by atoms with Crippen LogP contribution in [0.4, 0.5) is 5.69 Å². The zero-order chi connectivity index (χ0) is 25.9. The third-order valence-electron chi connectivity index (χ3n) is 6.43. The number of nitrogens with zero attached hydrogens (tertiary/aromatic N) is 1. The van der Waals surface area contributed by atoms with Crippen LogP contribution in [0.5, 0.6) is 17.2 Å². The molecular formula is C31H26ClNO4. The molecular weight excluding hydrogens is 486 g/mol. The maximum atomic E-state index is 14.2. The van der Waals surface area contributed by atoms with Crippen LogP contribution in [0.3, 0.4) is 0 Å². The zero-order valence-electron chi connectivity index (χ0n) is 20.8. The molecule has 0 radical (unpaired) electrons. The molecule has 0 N–H and O–H groups in total. The monoisotopic (exact) mass is 511 g/mol. The number of methoxy groups -OCH3 is 3. The van der Waals surface area contributed by atoms with E-state index >= 15 is 0 Å². The Labute approximate surface area is 221 Å². The van der Waals surface area contributed by atoms with Gasteiger partial charge in [-0.05, 0) is 47.0 Å². The SMILES string of the molecule is COc1cc(CN2C(=O)/C(=C(/c3ccccc3)c3ccc(Cl)cc3)c3ccccc32)cc(OC)c1OC. The second-order valence-corrected chi connectivity index (χ2v) is 9.00. The molecule has 0 spiro atoms. The summed E-state index contributed by atoms with van der Waals surface area (Å²) in [6.07, 6.45) is 0. The van der Waals surface area contributed by atoms with Crippen LogP contribution in [0, 0.1) is 0 Å². The predicted octanol–water partition coefficient (Wildman–Crippen LogP) is 6.87. The van der Waals surface area contributed by atoms with Crippen molar-refractivity contribution in [2.75, 3.05) is 26.2 Å². The molecule has 1 aliphatic heterocycles. The number of amides is 1. The highest BCUT2D eigenvalue weighted by molar-refractivity contribution is 6.39. The molecule has 5 rings (SSSR count). The Morgan fingerprint density at radius 2 is 1.35 bits per heavy atom. The third-order valence-corrected chi connectivity index (χ3v) is 6.69. The second-order valence-electron chi connectivity index (χ2n) is 8.56. The number of halogens is 1. The molecule has 0 aromatic heterocycles. The number of carbonyl (C=O) groups excluding carboxylic acids is 1. The topological polar surface area (TPSA) is 48.0 Å². The molecule has 0 aliphatic carbocycles. The molecule has 37 heavy (non-hydrogen) atoms. The lowest BCUT2D eigenvalue weighted by atomic mass is 9.90. The third kappa shape index (κ3) is 4.54. The van der Waals surface area contributed by atoms with Crippen molar-refractivity contribution in [1.29, 1.82) is 0 Å². The number of carbonyl (C=O) groups is 1. The molecule has 4 aromatic carbocycles. The first kappa shape index (κ1) is 24.5. The second kappa shape index (κ2) is 10.4. The van der Waals surface area contributed by atoms with Crippen molar-refractivity contribution in [2.45, 2.75) is 6.54 Å². The molecule has 1 aliphatic rings. The Kier molecular flexibility index (Phi) is 6.89. The van der Waals surface area contributed by atoms with Crippen molar-refractivity contribution >= 4 is 34.3 Å². The molecule has 0 atom stereocenters. The molecule has 6 heteroatoms. The van der Waals surface area contributed by atoms with Crippen molar-refractivity contribution in [2.24, 2.45) is 0 Å². The molecule has 0 saturated heterocycles.